The van der Waals surface area contributed by atoms with Crippen molar-refractivity contribution in [1.82, 2.24) is 15.0 Å². The SMILES string of the molecule is CC(C)OCCOC1CCN(c2ccnc3nc[nH]c23)CC1. The molecule has 0 amide bonds. The number of pyridine rings is 1. The van der Waals surface area contributed by atoms with Crippen molar-refractivity contribution in [1.29, 1.82) is 0 Å². The first-order chi connectivity index (χ1) is 10.7. The number of ether oxygens (including phenoxy) is 2. The molecule has 3 rings (SSSR count). The molecule has 2 aromatic heterocycles. The fourth-order valence-corrected chi connectivity index (χ4v) is 2.86. The van der Waals surface area contributed by atoms with E-state index >= 15 is 0 Å². The Balaban J connectivity index is 1.50. The van der Waals surface area contributed by atoms with E-state index in [2.05, 4.69) is 25.9 Å². The molecule has 2 aromatic rings. The Kier molecular flexibility index (Phi) is 4.90. The normalized spacial score (nSPS) is 16.8. The van der Waals surface area contributed by atoms with Gasteiger partial charge in [-0.1, -0.05) is 0 Å². The summed E-state index contributed by atoms with van der Waals surface area (Å²) in [6, 6.07) is 2.05. The molecule has 120 valence electrons. The third-order valence-corrected chi connectivity index (χ3v) is 3.98. The number of hydrogen-bond donors (Lipinski definition) is 1. The lowest BCUT2D eigenvalue weighted by atomic mass is 10.1. The van der Waals surface area contributed by atoms with Crippen LogP contribution in [0.15, 0.2) is 18.6 Å². The average molecular weight is 304 g/mol. The molecule has 6 nitrogen and oxygen atoms in total. The third kappa shape index (κ3) is 3.56. The highest BCUT2D eigenvalue weighted by Gasteiger charge is 2.21. The summed E-state index contributed by atoms with van der Waals surface area (Å²) in [4.78, 5) is 14.1. The summed E-state index contributed by atoms with van der Waals surface area (Å²) in [6.45, 7) is 7.44. The molecule has 0 radical (unpaired) electrons. The van der Waals surface area contributed by atoms with Crippen LogP contribution in [0, 0.1) is 0 Å². The van der Waals surface area contributed by atoms with E-state index in [4.69, 9.17) is 9.47 Å². The average Bonchev–Trinajstić information content (AvgIpc) is 3.00. The highest BCUT2D eigenvalue weighted by molar-refractivity contribution is 5.85. The van der Waals surface area contributed by atoms with Gasteiger partial charge in [-0.2, -0.15) is 0 Å². The van der Waals surface area contributed by atoms with Crippen molar-refractivity contribution >= 4 is 16.9 Å². The van der Waals surface area contributed by atoms with Crippen LogP contribution in [-0.4, -0.2) is 53.5 Å². The van der Waals surface area contributed by atoms with Crippen molar-refractivity contribution in [2.45, 2.75) is 38.9 Å². The quantitative estimate of drug-likeness (QED) is 0.830. The molecule has 22 heavy (non-hydrogen) atoms. The van der Waals surface area contributed by atoms with Gasteiger partial charge in [0.15, 0.2) is 5.65 Å². The van der Waals surface area contributed by atoms with E-state index in [1.54, 1.807) is 6.33 Å². The van der Waals surface area contributed by atoms with E-state index in [9.17, 15) is 0 Å². The van der Waals surface area contributed by atoms with Crippen molar-refractivity contribution < 1.29 is 9.47 Å². The Morgan fingerprint density at radius 2 is 2.09 bits per heavy atom. The number of rotatable bonds is 6. The van der Waals surface area contributed by atoms with Crippen LogP contribution in [0.2, 0.25) is 0 Å². The molecular weight excluding hydrogens is 280 g/mol. The number of nitrogens with zero attached hydrogens (tertiary/aromatic N) is 3. The molecule has 0 saturated carbocycles. The minimum Gasteiger partial charge on any atom is -0.376 e. The standard InChI is InChI=1S/C16H24N4O2/c1-12(2)21-9-10-22-13-4-7-20(8-5-13)14-3-6-17-16-15(14)18-11-19-16/h3,6,11-13H,4-5,7-10H2,1-2H3,(H,17,18,19). The van der Waals surface area contributed by atoms with Crippen LogP contribution in [-0.2, 0) is 9.47 Å². The lowest BCUT2D eigenvalue weighted by molar-refractivity contribution is -0.0197. The van der Waals surface area contributed by atoms with E-state index < -0.39 is 0 Å². The van der Waals surface area contributed by atoms with Gasteiger partial charge in [-0.25, -0.2) is 9.97 Å². The van der Waals surface area contributed by atoms with Crippen molar-refractivity contribution in [3.8, 4) is 0 Å². The summed E-state index contributed by atoms with van der Waals surface area (Å²) in [5.74, 6) is 0. The molecule has 0 spiro atoms. The Hall–Kier alpha value is -1.66. The van der Waals surface area contributed by atoms with Gasteiger partial charge in [0, 0.05) is 19.3 Å². The maximum absolute atomic E-state index is 5.91. The molecule has 1 N–H and O–H groups in total. The maximum atomic E-state index is 5.91. The first-order valence-corrected chi connectivity index (χ1v) is 8.00. The molecule has 0 atom stereocenters. The summed E-state index contributed by atoms with van der Waals surface area (Å²) in [7, 11) is 0. The number of imidazole rings is 1. The van der Waals surface area contributed by atoms with Crippen LogP contribution in [0.4, 0.5) is 5.69 Å². The van der Waals surface area contributed by atoms with E-state index in [1.807, 2.05) is 20.0 Å². The minimum absolute atomic E-state index is 0.272. The molecule has 1 aliphatic rings. The topological polar surface area (TPSA) is 63.3 Å². The van der Waals surface area contributed by atoms with Gasteiger partial charge in [0.25, 0.3) is 0 Å². The van der Waals surface area contributed by atoms with Gasteiger partial charge in [-0.3, -0.25) is 0 Å². The van der Waals surface area contributed by atoms with Gasteiger partial charge in [0.2, 0.25) is 0 Å². The summed E-state index contributed by atoms with van der Waals surface area (Å²) in [5.41, 5.74) is 2.98. The van der Waals surface area contributed by atoms with Crippen LogP contribution in [0.1, 0.15) is 26.7 Å². The smallest absolute Gasteiger partial charge is 0.179 e. The Bertz CT molecular complexity index is 591. The molecule has 0 bridgehead atoms. The zero-order chi connectivity index (χ0) is 15.4. The lowest BCUT2D eigenvalue weighted by Gasteiger charge is -2.33. The summed E-state index contributed by atoms with van der Waals surface area (Å²) in [6.07, 6.45) is 6.22. The second-order valence-electron chi connectivity index (χ2n) is 5.91. The van der Waals surface area contributed by atoms with Crippen molar-refractivity contribution in [2.24, 2.45) is 0 Å². The summed E-state index contributed by atoms with van der Waals surface area (Å²) >= 11 is 0. The second kappa shape index (κ2) is 7.07. The van der Waals surface area contributed by atoms with Crippen molar-refractivity contribution in [3.63, 3.8) is 0 Å². The highest BCUT2D eigenvalue weighted by Crippen LogP contribution is 2.26. The first kappa shape index (κ1) is 15.2. The highest BCUT2D eigenvalue weighted by atomic mass is 16.5. The monoisotopic (exact) mass is 304 g/mol. The first-order valence-electron chi connectivity index (χ1n) is 8.00. The fraction of sp³-hybridized carbons (Fsp3) is 0.625. The van der Waals surface area contributed by atoms with Crippen LogP contribution in [0.5, 0.6) is 0 Å². The van der Waals surface area contributed by atoms with Gasteiger partial charge >= 0.3 is 0 Å². The Morgan fingerprint density at radius 3 is 2.86 bits per heavy atom. The lowest BCUT2D eigenvalue weighted by Crippen LogP contribution is -2.37. The van der Waals surface area contributed by atoms with E-state index in [0.717, 1.165) is 37.1 Å². The summed E-state index contributed by atoms with van der Waals surface area (Å²) < 4.78 is 11.4. The molecule has 0 unspecified atom stereocenters. The van der Waals surface area contributed by atoms with Crippen molar-refractivity contribution in [3.05, 3.63) is 18.6 Å². The summed E-state index contributed by atoms with van der Waals surface area (Å²) in [5, 5.41) is 0. The fourth-order valence-electron chi connectivity index (χ4n) is 2.86. The molecule has 6 heteroatoms. The zero-order valence-electron chi connectivity index (χ0n) is 13.3. The van der Waals surface area contributed by atoms with Crippen LogP contribution in [0.3, 0.4) is 0 Å². The number of piperidine rings is 1. The van der Waals surface area contributed by atoms with Crippen molar-refractivity contribution in [2.75, 3.05) is 31.2 Å². The second-order valence-corrected chi connectivity index (χ2v) is 5.91. The predicted molar refractivity (Wildman–Crippen MR) is 86.2 cm³/mol. The number of aromatic nitrogens is 3. The number of anilines is 1. The molecule has 3 heterocycles. The Labute approximate surface area is 130 Å². The molecule has 0 aliphatic carbocycles. The molecule has 0 aromatic carbocycles. The number of fused-ring (bicyclic) bond motifs is 1. The van der Waals surface area contributed by atoms with E-state index in [0.29, 0.717) is 19.3 Å². The van der Waals surface area contributed by atoms with Gasteiger partial charge in [-0.05, 0) is 32.8 Å². The van der Waals surface area contributed by atoms with Gasteiger partial charge in [0.1, 0.15) is 5.52 Å². The molecular formula is C16H24N4O2. The van der Waals surface area contributed by atoms with Gasteiger partial charge in [0.05, 0.1) is 37.4 Å². The van der Waals surface area contributed by atoms with Crippen LogP contribution in [0.25, 0.3) is 11.2 Å². The number of hydrogen-bond acceptors (Lipinski definition) is 5. The predicted octanol–water partition coefficient (Wildman–Crippen LogP) is 2.37. The molecule has 1 aliphatic heterocycles. The van der Waals surface area contributed by atoms with Gasteiger partial charge in [-0.15, -0.1) is 0 Å². The van der Waals surface area contributed by atoms with Gasteiger partial charge < -0.3 is 19.4 Å². The Morgan fingerprint density at radius 1 is 1.27 bits per heavy atom. The largest absolute Gasteiger partial charge is 0.376 e. The molecule has 1 fully saturated rings. The minimum atomic E-state index is 0.272. The number of H-pyrrole nitrogens is 1. The van der Waals surface area contributed by atoms with E-state index in [1.165, 1.54) is 5.69 Å². The number of aromatic amines is 1. The zero-order valence-corrected chi connectivity index (χ0v) is 13.3. The van der Waals surface area contributed by atoms with Crippen LogP contribution < -0.4 is 4.90 Å². The van der Waals surface area contributed by atoms with E-state index in [-0.39, 0.29) is 6.10 Å². The molecule has 1 saturated heterocycles. The maximum Gasteiger partial charge on any atom is 0.179 e. The third-order valence-electron chi connectivity index (χ3n) is 3.98. The number of nitrogens with one attached hydrogen (secondary N) is 1. The van der Waals surface area contributed by atoms with Crippen LogP contribution >= 0.6 is 0 Å².